The van der Waals surface area contributed by atoms with Crippen LogP contribution in [0.5, 0.6) is 11.5 Å². The molecule has 1 aromatic heterocycles. The van der Waals surface area contributed by atoms with E-state index in [9.17, 15) is 9.18 Å². The molecule has 2 aromatic carbocycles. The fourth-order valence-electron chi connectivity index (χ4n) is 3.03. The average molecular weight is 368 g/mol. The van der Waals surface area contributed by atoms with E-state index in [2.05, 4.69) is 5.32 Å². The van der Waals surface area contributed by atoms with Gasteiger partial charge in [0.1, 0.15) is 5.82 Å². The van der Waals surface area contributed by atoms with Crippen molar-refractivity contribution in [2.45, 2.75) is 12.5 Å². The number of carbonyl (C=O) groups is 1. The Morgan fingerprint density at radius 1 is 1.04 bits per heavy atom. The van der Waals surface area contributed by atoms with Crippen LogP contribution < -0.4 is 14.8 Å². The number of methoxy groups -OCH3 is 2. The highest BCUT2D eigenvalue weighted by molar-refractivity contribution is 5.91. The van der Waals surface area contributed by atoms with Gasteiger partial charge in [-0.3, -0.25) is 4.79 Å². The Kier molecular flexibility index (Phi) is 5.76. The second-order valence-corrected chi connectivity index (χ2v) is 5.99. The van der Waals surface area contributed by atoms with Crippen LogP contribution in [-0.2, 0) is 4.79 Å². The van der Waals surface area contributed by atoms with Crippen LogP contribution in [0, 0.1) is 5.82 Å². The third kappa shape index (κ3) is 4.28. The van der Waals surface area contributed by atoms with Gasteiger partial charge in [0.25, 0.3) is 0 Å². The van der Waals surface area contributed by atoms with Gasteiger partial charge in [0.15, 0.2) is 11.5 Å². The monoisotopic (exact) mass is 368 g/mol. The molecule has 3 rings (SSSR count). The van der Waals surface area contributed by atoms with Crippen molar-refractivity contribution in [3.05, 3.63) is 78.4 Å². The molecule has 1 atom stereocenters. The molecule has 140 valence electrons. The number of hydrogen-bond donors (Lipinski definition) is 1. The van der Waals surface area contributed by atoms with Crippen molar-refractivity contribution >= 4 is 11.6 Å². The summed E-state index contributed by atoms with van der Waals surface area (Å²) in [5, 5.41) is 2.81. The number of nitrogens with one attached hydrogen (secondary N) is 1. The first-order valence-electron chi connectivity index (χ1n) is 8.51. The number of rotatable bonds is 7. The normalized spacial score (nSPS) is 11.7. The minimum atomic E-state index is -0.348. The highest BCUT2D eigenvalue weighted by atomic mass is 19.1. The Balaban J connectivity index is 1.89. The van der Waals surface area contributed by atoms with Crippen LogP contribution >= 0.6 is 0 Å². The van der Waals surface area contributed by atoms with E-state index in [1.165, 1.54) is 24.3 Å². The Labute approximate surface area is 157 Å². The smallest absolute Gasteiger partial charge is 0.226 e. The topological polar surface area (TPSA) is 52.5 Å². The lowest BCUT2D eigenvalue weighted by atomic mass is 10.0. The molecule has 0 spiro atoms. The number of ether oxygens (including phenoxy) is 2. The molecule has 0 bridgehead atoms. The molecule has 0 aliphatic carbocycles. The van der Waals surface area contributed by atoms with Gasteiger partial charge in [-0.25, -0.2) is 4.39 Å². The molecule has 1 N–H and O–H groups in total. The van der Waals surface area contributed by atoms with E-state index in [-0.39, 0.29) is 24.2 Å². The Morgan fingerprint density at radius 2 is 1.74 bits per heavy atom. The summed E-state index contributed by atoms with van der Waals surface area (Å²) in [6, 6.07) is 14.8. The van der Waals surface area contributed by atoms with Crippen LogP contribution in [0.4, 0.5) is 10.1 Å². The van der Waals surface area contributed by atoms with Gasteiger partial charge < -0.3 is 19.4 Å². The summed E-state index contributed by atoms with van der Waals surface area (Å²) in [7, 11) is 3.15. The summed E-state index contributed by atoms with van der Waals surface area (Å²) in [6.07, 6.45) is 3.97. The number of carbonyl (C=O) groups excluding carboxylic acids is 1. The molecule has 5 nitrogen and oxygen atoms in total. The van der Waals surface area contributed by atoms with Crippen LogP contribution in [0.3, 0.4) is 0 Å². The number of amides is 1. The third-order valence-corrected chi connectivity index (χ3v) is 4.29. The molecule has 1 amide bonds. The summed E-state index contributed by atoms with van der Waals surface area (Å²) in [6.45, 7) is 0. The molecule has 0 radical (unpaired) electrons. The molecular formula is C21H21FN2O3. The quantitative estimate of drug-likeness (QED) is 0.678. The molecule has 0 saturated carbocycles. The standard InChI is InChI=1S/C21H21FN2O3/c1-26-19-7-5-6-17(21(19)27-2)18(24-12-3-4-13-24)14-20(25)23-16-10-8-15(22)9-11-16/h3-13,18H,14H2,1-2H3,(H,23,25). The molecule has 0 fully saturated rings. The van der Waals surface area contributed by atoms with E-state index in [1.54, 1.807) is 14.2 Å². The van der Waals surface area contributed by atoms with E-state index >= 15 is 0 Å². The lowest BCUT2D eigenvalue weighted by Crippen LogP contribution is -2.20. The number of para-hydroxylation sites is 1. The van der Waals surface area contributed by atoms with Crippen LogP contribution in [0.15, 0.2) is 67.0 Å². The van der Waals surface area contributed by atoms with E-state index < -0.39 is 0 Å². The molecule has 6 heteroatoms. The fourth-order valence-corrected chi connectivity index (χ4v) is 3.03. The van der Waals surface area contributed by atoms with Crippen LogP contribution in [0.1, 0.15) is 18.0 Å². The summed E-state index contributed by atoms with van der Waals surface area (Å²) in [5.74, 6) is 0.656. The van der Waals surface area contributed by atoms with Crippen molar-refractivity contribution in [1.82, 2.24) is 4.57 Å². The van der Waals surface area contributed by atoms with Gasteiger partial charge in [-0.15, -0.1) is 0 Å². The molecule has 27 heavy (non-hydrogen) atoms. The highest BCUT2D eigenvalue weighted by Crippen LogP contribution is 2.37. The zero-order valence-electron chi connectivity index (χ0n) is 15.2. The Hall–Kier alpha value is -3.28. The SMILES string of the molecule is COc1cccc(C(CC(=O)Nc2ccc(F)cc2)n2cccc2)c1OC. The zero-order valence-corrected chi connectivity index (χ0v) is 15.2. The lowest BCUT2D eigenvalue weighted by molar-refractivity contribution is -0.116. The maximum Gasteiger partial charge on any atom is 0.226 e. The summed E-state index contributed by atoms with van der Waals surface area (Å²) >= 11 is 0. The molecule has 0 saturated heterocycles. The number of aromatic nitrogens is 1. The van der Waals surface area contributed by atoms with E-state index in [0.29, 0.717) is 17.2 Å². The zero-order chi connectivity index (χ0) is 19.2. The largest absolute Gasteiger partial charge is 0.493 e. The first kappa shape index (κ1) is 18.5. The van der Waals surface area contributed by atoms with Crippen LogP contribution in [-0.4, -0.2) is 24.7 Å². The van der Waals surface area contributed by atoms with Crippen molar-refractivity contribution in [2.75, 3.05) is 19.5 Å². The number of nitrogens with zero attached hydrogens (tertiary/aromatic N) is 1. The number of hydrogen-bond acceptors (Lipinski definition) is 3. The molecule has 1 heterocycles. The Bertz CT molecular complexity index is 892. The van der Waals surface area contributed by atoms with Gasteiger partial charge in [0.05, 0.1) is 26.7 Å². The maximum absolute atomic E-state index is 13.1. The van der Waals surface area contributed by atoms with Gasteiger partial charge in [0, 0.05) is 23.6 Å². The predicted octanol–water partition coefficient (Wildman–Crippen LogP) is 4.26. The van der Waals surface area contributed by atoms with Gasteiger partial charge in [-0.05, 0) is 42.5 Å². The van der Waals surface area contributed by atoms with E-state index in [1.807, 2.05) is 47.3 Å². The van der Waals surface area contributed by atoms with Gasteiger partial charge in [-0.1, -0.05) is 12.1 Å². The van der Waals surface area contributed by atoms with Crippen molar-refractivity contribution in [1.29, 1.82) is 0 Å². The van der Waals surface area contributed by atoms with Crippen LogP contribution in [0.25, 0.3) is 0 Å². The first-order valence-corrected chi connectivity index (χ1v) is 8.51. The molecule has 0 aliphatic rings. The number of halogens is 1. The summed E-state index contributed by atoms with van der Waals surface area (Å²) in [5.41, 5.74) is 1.38. The fraction of sp³-hybridized carbons (Fsp3) is 0.190. The maximum atomic E-state index is 13.1. The van der Waals surface area contributed by atoms with Gasteiger partial charge in [0.2, 0.25) is 5.91 Å². The second-order valence-electron chi connectivity index (χ2n) is 5.99. The minimum Gasteiger partial charge on any atom is -0.493 e. The van der Waals surface area contributed by atoms with Crippen molar-refractivity contribution < 1.29 is 18.7 Å². The predicted molar refractivity (Wildman–Crippen MR) is 102 cm³/mol. The van der Waals surface area contributed by atoms with E-state index in [0.717, 1.165) is 5.56 Å². The highest BCUT2D eigenvalue weighted by Gasteiger charge is 2.23. The van der Waals surface area contributed by atoms with Gasteiger partial charge >= 0.3 is 0 Å². The Morgan fingerprint density at radius 3 is 2.37 bits per heavy atom. The van der Waals surface area contributed by atoms with Crippen molar-refractivity contribution in [3.8, 4) is 11.5 Å². The summed E-state index contributed by atoms with van der Waals surface area (Å²) in [4.78, 5) is 12.6. The number of benzene rings is 2. The molecule has 1 unspecified atom stereocenters. The minimum absolute atomic E-state index is 0.176. The van der Waals surface area contributed by atoms with Crippen LogP contribution in [0.2, 0.25) is 0 Å². The molecule has 0 aliphatic heterocycles. The number of anilines is 1. The lowest BCUT2D eigenvalue weighted by Gasteiger charge is -2.22. The van der Waals surface area contributed by atoms with Gasteiger partial charge in [-0.2, -0.15) is 0 Å². The van der Waals surface area contributed by atoms with E-state index in [4.69, 9.17) is 9.47 Å². The summed E-state index contributed by atoms with van der Waals surface area (Å²) < 4.78 is 25.9. The van der Waals surface area contributed by atoms with Crippen molar-refractivity contribution in [3.63, 3.8) is 0 Å². The third-order valence-electron chi connectivity index (χ3n) is 4.29. The first-order chi connectivity index (χ1) is 13.1. The second kappa shape index (κ2) is 8.40. The molecular weight excluding hydrogens is 347 g/mol. The molecule has 3 aromatic rings. The van der Waals surface area contributed by atoms with Crippen molar-refractivity contribution in [2.24, 2.45) is 0 Å². The average Bonchev–Trinajstić information content (AvgIpc) is 3.21.